The Bertz CT molecular complexity index is 1010. The molecule has 31 heavy (non-hydrogen) atoms. The Morgan fingerprint density at radius 3 is 2.84 bits per heavy atom. The standard InChI is InChI=1S/C24H30N4O3/c1-3-30-15-14-28-21-12-13-27(22(29)11-7-10-19-8-5-4-6-9-19)17-20(21)23(26-28)24-25-16-18(2)31-24/h4-6,8-9,16H,3,7,10-15,17H2,1-2H3. The summed E-state index contributed by atoms with van der Waals surface area (Å²) in [4.78, 5) is 19.2. The maximum Gasteiger partial charge on any atom is 0.247 e. The van der Waals surface area contributed by atoms with E-state index in [2.05, 4.69) is 17.1 Å². The van der Waals surface area contributed by atoms with E-state index < -0.39 is 0 Å². The molecular formula is C24H30N4O3. The van der Waals surface area contributed by atoms with E-state index in [0.717, 1.165) is 42.0 Å². The molecule has 0 saturated carbocycles. The molecule has 0 aliphatic carbocycles. The average Bonchev–Trinajstić information content (AvgIpc) is 3.38. The smallest absolute Gasteiger partial charge is 0.247 e. The summed E-state index contributed by atoms with van der Waals surface area (Å²) < 4.78 is 13.3. The number of nitrogens with zero attached hydrogens (tertiary/aromatic N) is 4. The van der Waals surface area contributed by atoms with E-state index in [4.69, 9.17) is 14.3 Å². The van der Waals surface area contributed by atoms with Gasteiger partial charge in [0.15, 0.2) is 5.69 Å². The number of carbonyl (C=O) groups excluding carboxylic acids is 1. The maximum absolute atomic E-state index is 12.9. The maximum atomic E-state index is 12.9. The third-order valence-electron chi connectivity index (χ3n) is 5.66. The molecule has 0 radical (unpaired) electrons. The molecule has 0 fully saturated rings. The topological polar surface area (TPSA) is 73.4 Å². The zero-order chi connectivity index (χ0) is 21.6. The van der Waals surface area contributed by atoms with E-state index in [1.54, 1.807) is 6.20 Å². The molecule has 1 aromatic carbocycles. The number of aryl methyl sites for hydroxylation is 2. The second-order valence-electron chi connectivity index (χ2n) is 7.87. The summed E-state index contributed by atoms with van der Waals surface area (Å²) in [5.41, 5.74) is 4.20. The van der Waals surface area contributed by atoms with E-state index in [-0.39, 0.29) is 5.91 Å². The predicted octanol–water partition coefficient (Wildman–Crippen LogP) is 3.79. The molecule has 3 heterocycles. The fraction of sp³-hybridized carbons (Fsp3) is 0.458. The summed E-state index contributed by atoms with van der Waals surface area (Å²) in [6.07, 6.45) is 4.80. The van der Waals surface area contributed by atoms with Gasteiger partial charge >= 0.3 is 0 Å². The van der Waals surface area contributed by atoms with Crippen molar-refractivity contribution in [1.29, 1.82) is 0 Å². The van der Waals surface area contributed by atoms with Crippen molar-refractivity contribution < 1.29 is 13.9 Å². The summed E-state index contributed by atoms with van der Waals surface area (Å²) in [6.45, 7) is 7.09. The predicted molar refractivity (Wildman–Crippen MR) is 117 cm³/mol. The van der Waals surface area contributed by atoms with Crippen molar-refractivity contribution in [3.05, 3.63) is 59.1 Å². The zero-order valence-electron chi connectivity index (χ0n) is 18.3. The molecule has 3 aromatic rings. The van der Waals surface area contributed by atoms with E-state index >= 15 is 0 Å². The Hall–Kier alpha value is -2.93. The number of hydrogen-bond donors (Lipinski definition) is 0. The van der Waals surface area contributed by atoms with Crippen molar-refractivity contribution in [2.24, 2.45) is 0 Å². The first-order valence-electron chi connectivity index (χ1n) is 11.1. The average molecular weight is 423 g/mol. The quantitative estimate of drug-likeness (QED) is 0.491. The Morgan fingerprint density at radius 2 is 2.10 bits per heavy atom. The van der Waals surface area contributed by atoms with Gasteiger partial charge < -0.3 is 14.1 Å². The number of ether oxygens (including phenoxy) is 1. The fourth-order valence-electron chi connectivity index (χ4n) is 4.07. The number of rotatable bonds is 9. The lowest BCUT2D eigenvalue weighted by atomic mass is 10.0. The summed E-state index contributed by atoms with van der Waals surface area (Å²) in [5, 5.41) is 4.79. The molecule has 7 heteroatoms. The van der Waals surface area contributed by atoms with E-state index in [0.29, 0.717) is 45.2 Å². The second-order valence-corrected chi connectivity index (χ2v) is 7.87. The van der Waals surface area contributed by atoms with E-state index in [1.807, 2.05) is 41.6 Å². The number of carbonyl (C=O) groups is 1. The van der Waals surface area contributed by atoms with Gasteiger partial charge in [0.05, 0.1) is 19.3 Å². The van der Waals surface area contributed by atoms with Crippen LogP contribution in [-0.2, 0) is 35.5 Å². The molecule has 2 aromatic heterocycles. The summed E-state index contributed by atoms with van der Waals surface area (Å²) in [5.74, 6) is 1.46. The SMILES string of the molecule is CCOCCn1nc(-c2ncc(C)o2)c2c1CCN(C(=O)CCCc1ccccc1)C2. The monoisotopic (exact) mass is 422 g/mol. The number of fused-ring (bicyclic) bond motifs is 1. The first-order valence-corrected chi connectivity index (χ1v) is 11.1. The molecule has 1 aliphatic heterocycles. The lowest BCUT2D eigenvalue weighted by molar-refractivity contribution is -0.132. The molecule has 164 valence electrons. The zero-order valence-corrected chi connectivity index (χ0v) is 18.3. The van der Waals surface area contributed by atoms with Gasteiger partial charge in [-0.2, -0.15) is 5.10 Å². The second kappa shape index (κ2) is 9.92. The number of benzene rings is 1. The Morgan fingerprint density at radius 1 is 1.26 bits per heavy atom. The highest BCUT2D eigenvalue weighted by Gasteiger charge is 2.29. The highest BCUT2D eigenvalue weighted by atomic mass is 16.5. The van der Waals surface area contributed by atoms with Crippen molar-refractivity contribution >= 4 is 5.91 Å². The molecule has 0 atom stereocenters. The van der Waals surface area contributed by atoms with Crippen LogP contribution >= 0.6 is 0 Å². The first-order chi connectivity index (χ1) is 15.2. The number of aromatic nitrogens is 3. The lowest BCUT2D eigenvalue weighted by Crippen LogP contribution is -2.36. The van der Waals surface area contributed by atoms with Gasteiger partial charge in [0.2, 0.25) is 11.8 Å². The highest BCUT2D eigenvalue weighted by molar-refractivity contribution is 5.77. The van der Waals surface area contributed by atoms with Gasteiger partial charge in [0.1, 0.15) is 5.76 Å². The van der Waals surface area contributed by atoms with Crippen molar-refractivity contribution in [3.8, 4) is 11.6 Å². The minimum absolute atomic E-state index is 0.193. The molecule has 1 amide bonds. The minimum Gasteiger partial charge on any atom is -0.440 e. The van der Waals surface area contributed by atoms with Crippen molar-refractivity contribution in [2.75, 3.05) is 19.8 Å². The third kappa shape index (κ3) is 5.05. The molecule has 0 spiro atoms. The lowest BCUT2D eigenvalue weighted by Gasteiger charge is -2.28. The van der Waals surface area contributed by atoms with Gasteiger partial charge in [0.25, 0.3) is 0 Å². The minimum atomic E-state index is 0.193. The van der Waals surface area contributed by atoms with Crippen LogP contribution in [0.15, 0.2) is 40.9 Å². The Labute approximate surface area is 183 Å². The van der Waals surface area contributed by atoms with Crippen LogP contribution in [0.1, 0.15) is 42.3 Å². The normalized spacial score (nSPS) is 13.4. The first kappa shape index (κ1) is 21.3. The van der Waals surface area contributed by atoms with Crippen molar-refractivity contribution in [2.45, 2.75) is 52.6 Å². The van der Waals surface area contributed by atoms with Crippen LogP contribution in [0.5, 0.6) is 0 Å². The van der Waals surface area contributed by atoms with Gasteiger partial charge in [-0.05, 0) is 32.3 Å². The molecule has 0 unspecified atom stereocenters. The van der Waals surface area contributed by atoms with Crippen molar-refractivity contribution in [3.63, 3.8) is 0 Å². The Balaban J connectivity index is 1.46. The van der Waals surface area contributed by atoms with Crippen LogP contribution in [0.25, 0.3) is 11.6 Å². The third-order valence-corrected chi connectivity index (χ3v) is 5.66. The van der Waals surface area contributed by atoms with Crippen molar-refractivity contribution in [1.82, 2.24) is 19.7 Å². The summed E-state index contributed by atoms with van der Waals surface area (Å²) in [6, 6.07) is 10.3. The molecule has 0 N–H and O–H groups in total. The van der Waals surface area contributed by atoms with Gasteiger partial charge in [0, 0.05) is 43.8 Å². The van der Waals surface area contributed by atoms with Crippen LogP contribution in [0, 0.1) is 6.92 Å². The van der Waals surface area contributed by atoms with E-state index in [1.165, 1.54) is 5.56 Å². The van der Waals surface area contributed by atoms with E-state index in [9.17, 15) is 4.79 Å². The fourth-order valence-corrected chi connectivity index (χ4v) is 4.07. The van der Waals surface area contributed by atoms with Crippen LogP contribution in [-0.4, -0.2) is 45.3 Å². The van der Waals surface area contributed by atoms with Crippen LogP contribution in [0.2, 0.25) is 0 Å². The number of hydrogen-bond acceptors (Lipinski definition) is 5. The molecule has 4 rings (SSSR count). The molecular weight excluding hydrogens is 392 g/mol. The van der Waals surface area contributed by atoms with Gasteiger partial charge in [-0.25, -0.2) is 4.98 Å². The van der Waals surface area contributed by atoms with Gasteiger partial charge in [-0.3, -0.25) is 9.48 Å². The largest absolute Gasteiger partial charge is 0.440 e. The molecule has 7 nitrogen and oxygen atoms in total. The molecule has 0 bridgehead atoms. The van der Waals surface area contributed by atoms with Crippen LogP contribution in [0.3, 0.4) is 0 Å². The summed E-state index contributed by atoms with van der Waals surface area (Å²) >= 11 is 0. The van der Waals surface area contributed by atoms with Gasteiger partial charge in [-0.15, -0.1) is 0 Å². The Kier molecular flexibility index (Phi) is 6.82. The molecule has 0 saturated heterocycles. The number of oxazole rings is 1. The summed E-state index contributed by atoms with van der Waals surface area (Å²) in [7, 11) is 0. The van der Waals surface area contributed by atoms with Crippen LogP contribution in [0.4, 0.5) is 0 Å². The highest BCUT2D eigenvalue weighted by Crippen LogP contribution is 2.30. The van der Waals surface area contributed by atoms with Gasteiger partial charge in [-0.1, -0.05) is 30.3 Å². The van der Waals surface area contributed by atoms with Crippen LogP contribution < -0.4 is 0 Å². The number of amides is 1. The molecule has 1 aliphatic rings.